The van der Waals surface area contributed by atoms with Gasteiger partial charge in [0.05, 0.1) is 15.8 Å². The van der Waals surface area contributed by atoms with E-state index in [1.165, 1.54) is 18.5 Å². The average Bonchev–Trinajstić information content (AvgIpc) is 3.22. The van der Waals surface area contributed by atoms with Crippen molar-refractivity contribution in [3.8, 4) is 11.4 Å². The SMILES string of the molecule is CC(=O)OCC1OC(Oc2ccc(-n3sc4ccccc4c3=O)cc2)C(OC(C)=O)C(OC(C)=O)C1OC(C)=O. The van der Waals surface area contributed by atoms with Gasteiger partial charge in [-0.05, 0) is 36.4 Å². The Hall–Kier alpha value is -4.23. The summed E-state index contributed by atoms with van der Waals surface area (Å²) in [4.78, 5) is 60.1. The van der Waals surface area contributed by atoms with Crippen LogP contribution in [0.3, 0.4) is 0 Å². The molecule has 1 saturated heterocycles. The minimum Gasteiger partial charge on any atom is -0.463 e. The highest BCUT2D eigenvalue weighted by molar-refractivity contribution is 7.14. The Labute approximate surface area is 232 Å². The molecule has 212 valence electrons. The second-order valence-corrected chi connectivity index (χ2v) is 9.85. The molecule has 1 aromatic heterocycles. The summed E-state index contributed by atoms with van der Waals surface area (Å²) in [5, 5.41) is 0.602. The van der Waals surface area contributed by atoms with E-state index in [1.807, 2.05) is 12.1 Å². The van der Waals surface area contributed by atoms with Crippen LogP contribution in [0.4, 0.5) is 0 Å². The van der Waals surface area contributed by atoms with Crippen molar-refractivity contribution in [1.82, 2.24) is 3.96 Å². The van der Waals surface area contributed by atoms with Crippen LogP contribution < -0.4 is 10.3 Å². The predicted molar refractivity (Wildman–Crippen MR) is 140 cm³/mol. The van der Waals surface area contributed by atoms with E-state index in [2.05, 4.69) is 0 Å². The molecule has 4 rings (SSSR count). The predicted octanol–water partition coefficient (Wildman–Crippen LogP) is 2.51. The van der Waals surface area contributed by atoms with Gasteiger partial charge in [-0.2, -0.15) is 0 Å². The fourth-order valence-electron chi connectivity index (χ4n) is 4.22. The van der Waals surface area contributed by atoms with E-state index in [0.717, 1.165) is 25.5 Å². The van der Waals surface area contributed by atoms with E-state index in [0.29, 0.717) is 11.1 Å². The quantitative estimate of drug-likeness (QED) is 0.289. The van der Waals surface area contributed by atoms with Gasteiger partial charge in [-0.1, -0.05) is 23.7 Å². The van der Waals surface area contributed by atoms with E-state index in [9.17, 15) is 24.0 Å². The van der Waals surface area contributed by atoms with Gasteiger partial charge in [0, 0.05) is 27.7 Å². The lowest BCUT2D eigenvalue weighted by Crippen LogP contribution is -2.63. The van der Waals surface area contributed by atoms with E-state index in [-0.39, 0.29) is 17.9 Å². The molecule has 0 saturated carbocycles. The van der Waals surface area contributed by atoms with Crippen LogP contribution in [0.2, 0.25) is 0 Å². The molecule has 0 N–H and O–H groups in total. The molecule has 5 unspecified atom stereocenters. The normalized spacial score (nSPS) is 22.2. The molecule has 3 aromatic rings. The van der Waals surface area contributed by atoms with Crippen molar-refractivity contribution in [1.29, 1.82) is 0 Å². The van der Waals surface area contributed by atoms with Crippen LogP contribution in [-0.2, 0) is 42.9 Å². The second-order valence-electron chi connectivity index (χ2n) is 8.87. The van der Waals surface area contributed by atoms with E-state index < -0.39 is 54.6 Å². The number of ether oxygens (including phenoxy) is 6. The lowest BCUT2D eigenvalue weighted by molar-refractivity contribution is -0.288. The van der Waals surface area contributed by atoms with Gasteiger partial charge < -0.3 is 28.4 Å². The molecule has 5 atom stereocenters. The third-order valence-electron chi connectivity index (χ3n) is 5.76. The second kappa shape index (κ2) is 12.3. The number of hydrogen-bond acceptors (Lipinski definition) is 12. The first-order valence-electron chi connectivity index (χ1n) is 12.2. The van der Waals surface area contributed by atoms with Gasteiger partial charge in [0.1, 0.15) is 18.5 Å². The van der Waals surface area contributed by atoms with E-state index in [1.54, 1.807) is 40.4 Å². The van der Waals surface area contributed by atoms with Gasteiger partial charge in [0.15, 0.2) is 12.2 Å². The van der Waals surface area contributed by atoms with Crippen LogP contribution in [0.25, 0.3) is 15.8 Å². The standard InChI is InChI=1S/C27H27NO11S/c1-14(29)34-13-21-23(35-15(2)30)24(36-16(3)31)25(37-17(4)32)27(39-21)38-19-11-9-18(10-12-19)28-26(33)20-7-5-6-8-22(20)40-28/h5-12,21,23-25,27H,13H2,1-4H3. The zero-order valence-corrected chi connectivity index (χ0v) is 22.9. The van der Waals surface area contributed by atoms with Crippen molar-refractivity contribution in [3.05, 3.63) is 58.9 Å². The molecule has 1 aliphatic rings. The number of fused-ring (bicyclic) bond motifs is 1. The van der Waals surface area contributed by atoms with Crippen LogP contribution in [0, 0.1) is 0 Å². The Morgan fingerprint density at radius 2 is 1.40 bits per heavy atom. The number of benzene rings is 2. The number of carbonyl (C=O) groups is 4. The Morgan fingerprint density at radius 1 is 0.800 bits per heavy atom. The maximum absolute atomic E-state index is 12.8. The molecule has 0 radical (unpaired) electrons. The summed E-state index contributed by atoms with van der Waals surface area (Å²) in [6, 6.07) is 13.8. The van der Waals surface area contributed by atoms with Crippen LogP contribution in [0.1, 0.15) is 27.7 Å². The van der Waals surface area contributed by atoms with Crippen molar-refractivity contribution < 1.29 is 47.6 Å². The maximum atomic E-state index is 12.8. The van der Waals surface area contributed by atoms with Gasteiger partial charge in [-0.25, -0.2) is 3.96 Å². The smallest absolute Gasteiger partial charge is 0.303 e. The van der Waals surface area contributed by atoms with Crippen LogP contribution >= 0.6 is 11.5 Å². The summed E-state index contributed by atoms with van der Waals surface area (Å²) < 4.78 is 35.6. The first kappa shape index (κ1) is 28.8. The number of rotatable bonds is 8. The molecule has 12 nitrogen and oxygen atoms in total. The lowest BCUT2D eigenvalue weighted by Gasteiger charge is -2.43. The van der Waals surface area contributed by atoms with Crippen molar-refractivity contribution in [2.24, 2.45) is 0 Å². The van der Waals surface area contributed by atoms with Crippen LogP contribution in [0.15, 0.2) is 53.3 Å². The summed E-state index contributed by atoms with van der Waals surface area (Å²) in [5.41, 5.74) is 0.439. The topological polar surface area (TPSA) is 146 Å². The van der Waals surface area contributed by atoms with E-state index in [4.69, 9.17) is 28.4 Å². The molecule has 13 heteroatoms. The van der Waals surface area contributed by atoms with Crippen molar-refractivity contribution >= 4 is 45.5 Å². The molecular formula is C27H27NO11S. The minimum absolute atomic E-state index is 0.158. The highest BCUT2D eigenvalue weighted by Crippen LogP contribution is 2.31. The average molecular weight is 574 g/mol. The molecule has 2 heterocycles. The van der Waals surface area contributed by atoms with Crippen LogP contribution in [-0.4, -0.2) is 65.1 Å². The zero-order valence-electron chi connectivity index (χ0n) is 22.1. The molecule has 0 aliphatic carbocycles. The van der Waals surface area contributed by atoms with Gasteiger partial charge in [-0.3, -0.25) is 24.0 Å². The molecular weight excluding hydrogens is 546 g/mol. The Balaban J connectivity index is 1.65. The number of esters is 4. The lowest BCUT2D eigenvalue weighted by atomic mass is 9.98. The monoisotopic (exact) mass is 573 g/mol. The molecule has 0 amide bonds. The molecule has 1 fully saturated rings. The zero-order chi connectivity index (χ0) is 29.0. The Bertz CT molecular complexity index is 1460. The Morgan fingerprint density at radius 3 is 2.00 bits per heavy atom. The molecule has 1 aliphatic heterocycles. The summed E-state index contributed by atoms with van der Waals surface area (Å²) >= 11 is 1.29. The van der Waals surface area contributed by atoms with Crippen LogP contribution in [0.5, 0.6) is 5.75 Å². The van der Waals surface area contributed by atoms with Crippen molar-refractivity contribution in [3.63, 3.8) is 0 Å². The largest absolute Gasteiger partial charge is 0.463 e. The number of nitrogens with zero attached hydrogens (tertiary/aromatic N) is 1. The number of aromatic nitrogens is 1. The molecule has 0 bridgehead atoms. The maximum Gasteiger partial charge on any atom is 0.303 e. The minimum atomic E-state index is -1.36. The molecule has 40 heavy (non-hydrogen) atoms. The summed E-state index contributed by atoms with van der Waals surface area (Å²) in [6.45, 7) is 4.24. The summed E-state index contributed by atoms with van der Waals surface area (Å²) in [5.74, 6) is -2.57. The number of hydrogen-bond donors (Lipinski definition) is 0. The molecule has 2 aromatic carbocycles. The highest BCUT2D eigenvalue weighted by Gasteiger charge is 2.53. The summed E-state index contributed by atoms with van der Waals surface area (Å²) in [6.07, 6.45) is -6.48. The van der Waals surface area contributed by atoms with Gasteiger partial charge in [-0.15, -0.1) is 0 Å². The molecule has 0 spiro atoms. The fraction of sp³-hybridized carbons (Fsp3) is 0.370. The third-order valence-corrected chi connectivity index (χ3v) is 6.88. The van der Waals surface area contributed by atoms with Crippen molar-refractivity contribution in [2.45, 2.75) is 58.4 Å². The Kier molecular flexibility index (Phi) is 8.85. The highest BCUT2D eigenvalue weighted by atomic mass is 32.1. The van der Waals surface area contributed by atoms with Gasteiger partial charge in [0.25, 0.3) is 5.56 Å². The summed E-state index contributed by atoms with van der Waals surface area (Å²) in [7, 11) is 0. The third kappa shape index (κ3) is 6.66. The first-order valence-corrected chi connectivity index (χ1v) is 13.0. The first-order chi connectivity index (χ1) is 19.0. The van der Waals surface area contributed by atoms with Gasteiger partial charge >= 0.3 is 23.9 Å². The number of carbonyl (C=O) groups excluding carboxylic acids is 4. The van der Waals surface area contributed by atoms with Crippen molar-refractivity contribution in [2.75, 3.05) is 6.61 Å². The fourth-order valence-corrected chi connectivity index (χ4v) is 5.22. The van der Waals surface area contributed by atoms with Gasteiger partial charge in [0.2, 0.25) is 12.4 Å². The van der Waals surface area contributed by atoms with E-state index >= 15 is 0 Å².